The number of rotatable bonds is 4. The first kappa shape index (κ1) is 11.5. The largest absolute Gasteiger partial charge is 0.383 e. The van der Waals surface area contributed by atoms with E-state index in [4.69, 9.17) is 19.7 Å². The standard InChI is InChI=1S/C10H17N3O3/c1-14-6-8(11)9-12-10(16-13-9)7-2-4-15-5-3-7/h7-8H,2-6,11H2,1H3. The molecule has 2 N–H and O–H groups in total. The van der Waals surface area contributed by atoms with Crippen LogP contribution in [0.3, 0.4) is 0 Å². The van der Waals surface area contributed by atoms with Crippen LogP contribution < -0.4 is 5.73 Å². The highest BCUT2D eigenvalue weighted by Gasteiger charge is 2.23. The molecule has 90 valence electrons. The quantitative estimate of drug-likeness (QED) is 0.811. The third-order valence-electron chi connectivity index (χ3n) is 2.71. The van der Waals surface area contributed by atoms with Gasteiger partial charge < -0.3 is 19.7 Å². The number of hydrogen-bond donors (Lipinski definition) is 1. The van der Waals surface area contributed by atoms with Crippen molar-refractivity contribution in [3.63, 3.8) is 0 Å². The molecule has 0 radical (unpaired) electrons. The molecule has 1 fully saturated rings. The first-order valence-corrected chi connectivity index (χ1v) is 5.47. The Morgan fingerprint density at radius 3 is 2.94 bits per heavy atom. The Hall–Kier alpha value is -0.980. The third-order valence-corrected chi connectivity index (χ3v) is 2.71. The van der Waals surface area contributed by atoms with Gasteiger partial charge in [-0.25, -0.2) is 0 Å². The molecule has 2 heterocycles. The highest BCUT2D eigenvalue weighted by atomic mass is 16.5. The third kappa shape index (κ3) is 2.58. The maximum atomic E-state index is 5.81. The van der Waals surface area contributed by atoms with Crippen molar-refractivity contribution in [2.45, 2.75) is 24.8 Å². The van der Waals surface area contributed by atoms with Crippen LogP contribution in [-0.2, 0) is 9.47 Å². The monoisotopic (exact) mass is 227 g/mol. The predicted octanol–water partition coefficient (Wildman–Crippen LogP) is 0.610. The van der Waals surface area contributed by atoms with E-state index >= 15 is 0 Å². The van der Waals surface area contributed by atoms with E-state index in [0.717, 1.165) is 26.1 Å². The van der Waals surface area contributed by atoms with Gasteiger partial charge in [-0.15, -0.1) is 0 Å². The summed E-state index contributed by atoms with van der Waals surface area (Å²) in [4.78, 5) is 4.31. The van der Waals surface area contributed by atoms with Crippen molar-refractivity contribution in [3.05, 3.63) is 11.7 Å². The van der Waals surface area contributed by atoms with Crippen LogP contribution in [0.15, 0.2) is 4.52 Å². The molecule has 1 aromatic heterocycles. The maximum Gasteiger partial charge on any atom is 0.229 e. The van der Waals surface area contributed by atoms with Gasteiger partial charge in [-0.2, -0.15) is 4.98 Å². The van der Waals surface area contributed by atoms with Gasteiger partial charge in [0.1, 0.15) is 0 Å². The zero-order valence-corrected chi connectivity index (χ0v) is 9.39. The van der Waals surface area contributed by atoms with Crippen LogP contribution in [0.5, 0.6) is 0 Å². The first-order valence-electron chi connectivity index (χ1n) is 5.47. The normalized spacial score (nSPS) is 19.9. The van der Waals surface area contributed by atoms with Gasteiger partial charge in [-0.05, 0) is 12.8 Å². The lowest BCUT2D eigenvalue weighted by Crippen LogP contribution is -2.18. The second-order valence-electron chi connectivity index (χ2n) is 3.94. The van der Waals surface area contributed by atoms with Crippen molar-refractivity contribution >= 4 is 0 Å². The predicted molar refractivity (Wildman–Crippen MR) is 55.9 cm³/mol. The molecule has 1 aliphatic heterocycles. The summed E-state index contributed by atoms with van der Waals surface area (Å²) in [6, 6.07) is -0.317. The summed E-state index contributed by atoms with van der Waals surface area (Å²) in [5.41, 5.74) is 5.81. The first-order chi connectivity index (χ1) is 7.81. The molecule has 0 amide bonds. The van der Waals surface area contributed by atoms with Crippen LogP contribution in [-0.4, -0.2) is 37.1 Å². The summed E-state index contributed by atoms with van der Waals surface area (Å²) in [6.07, 6.45) is 1.86. The van der Waals surface area contributed by atoms with Gasteiger partial charge in [0.25, 0.3) is 0 Å². The topological polar surface area (TPSA) is 83.4 Å². The number of aromatic nitrogens is 2. The molecule has 1 saturated heterocycles. The van der Waals surface area contributed by atoms with Gasteiger partial charge in [0.15, 0.2) is 5.82 Å². The summed E-state index contributed by atoms with van der Waals surface area (Å²) in [5, 5.41) is 3.88. The molecule has 1 unspecified atom stereocenters. The minimum atomic E-state index is -0.317. The second kappa shape index (κ2) is 5.38. The molecule has 16 heavy (non-hydrogen) atoms. The Kier molecular flexibility index (Phi) is 3.87. The van der Waals surface area contributed by atoms with E-state index in [1.54, 1.807) is 7.11 Å². The summed E-state index contributed by atoms with van der Waals surface area (Å²) in [5.74, 6) is 1.50. The number of ether oxygens (including phenoxy) is 2. The number of nitrogens with two attached hydrogens (primary N) is 1. The Bertz CT molecular complexity index is 323. The number of hydrogen-bond acceptors (Lipinski definition) is 6. The van der Waals surface area contributed by atoms with Crippen molar-refractivity contribution < 1.29 is 14.0 Å². The highest BCUT2D eigenvalue weighted by Crippen LogP contribution is 2.25. The molecule has 6 nitrogen and oxygen atoms in total. The molecular weight excluding hydrogens is 210 g/mol. The van der Waals surface area contributed by atoms with Crippen LogP contribution in [0.2, 0.25) is 0 Å². The van der Waals surface area contributed by atoms with Gasteiger partial charge >= 0.3 is 0 Å². The fraction of sp³-hybridized carbons (Fsp3) is 0.800. The van der Waals surface area contributed by atoms with Gasteiger partial charge in [0.2, 0.25) is 5.89 Å². The molecule has 1 aliphatic rings. The fourth-order valence-corrected chi connectivity index (χ4v) is 1.76. The minimum Gasteiger partial charge on any atom is -0.383 e. The molecule has 0 aliphatic carbocycles. The molecule has 1 atom stereocenters. The minimum absolute atomic E-state index is 0.310. The van der Waals surface area contributed by atoms with E-state index < -0.39 is 0 Å². The van der Waals surface area contributed by atoms with Crippen LogP contribution in [0.25, 0.3) is 0 Å². The summed E-state index contributed by atoms with van der Waals surface area (Å²) < 4.78 is 15.4. The SMILES string of the molecule is COCC(N)c1noc(C2CCOCC2)n1. The van der Waals surface area contributed by atoms with E-state index in [0.29, 0.717) is 24.2 Å². The molecule has 0 aromatic carbocycles. The molecule has 0 bridgehead atoms. The second-order valence-corrected chi connectivity index (χ2v) is 3.94. The molecule has 0 saturated carbocycles. The maximum absolute atomic E-state index is 5.81. The van der Waals surface area contributed by atoms with Crippen molar-refractivity contribution in [3.8, 4) is 0 Å². The van der Waals surface area contributed by atoms with Crippen molar-refractivity contribution in [2.24, 2.45) is 5.73 Å². The van der Waals surface area contributed by atoms with E-state index in [1.165, 1.54) is 0 Å². The Morgan fingerprint density at radius 2 is 2.25 bits per heavy atom. The summed E-state index contributed by atoms with van der Waals surface area (Å²) in [7, 11) is 1.60. The lowest BCUT2D eigenvalue weighted by molar-refractivity contribution is 0.0778. The van der Waals surface area contributed by atoms with E-state index in [9.17, 15) is 0 Å². The van der Waals surface area contributed by atoms with Gasteiger partial charge in [0.05, 0.1) is 12.6 Å². The van der Waals surface area contributed by atoms with E-state index in [2.05, 4.69) is 10.1 Å². The highest BCUT2D eigenvalue weighted by molar-refractivity contribution is 4.98. The van der Waals surface area contributed by atoms with Crippen LogP contribution >= 0.6 is 0 Å². The lowest BCUT2D eigenvalue weighted by Gasteiger charge is -2.18. The van der Waals surface area contributed by atoms with Crippen molar-refractivity contribution in [1.29, 1.82) is 0 Å². The summed E-state index contributed by atoms with van der Waals surface area (Å²) in [6.45, 7) is 1.91. The van der Waals surface area contributed by atoms with Crippen LogP contribution in [0, 0.1) is 0 Å². The Balaban J connectivity index is 2.00. The molecular formula is C10H17N3O3. The molecule has 6 heteroatoms. The number of nitrogens with zero attached hydrogens (tertiary/aromatic N) is 2. The smallest absolute Gasteiger partial charge is 0.229 e. The molecule has 0 spiro atoms. The van der Waals surface area contributed by atoms with E-state index in [-0.39, 0.29) is 6.04 Å². The van der Waals surface area contributed by atoms with E-state index in [1.807, 2.05) is 0 Å². The van der Waals surface area contributed by atoms with Crippen molar-refractivity contribution in [1.82, 2.24) is 10.1 Å². The molecule has 1 aromatic rings. The average Bonchev–Trinajstić information content (AvgIpc) is 2.80. The lowest BCUT2D eigenvalue weighted by atomic mass is 10.0. The number of methoxy groups -OCH3 is 1. The Morgan fingerprint density at radius 1 is 1.50 bits per heavy atom. The van der Waals surface area contributed by atoms with Crippen molar-refractivity contribution in [2.75, 3.05) is 26.9 Å². The Labute approximate surface area is 94.1 Å². The van der Waals surface area contributed by atoms with Gasteiger partial charge in [-0.1, -0.05) is 5.16 Å². The van der Waals surface area contributed by atoms with Crippen LogP contribution in [0.4, 0.5) is 0 Å². The van der Waals surface area contributed by atoms with Gasteiger partial charge in [-0.3, -0.25) is 0 Å². The summed E-state index contributed by atoms with van der Waals surface area (Å²) >= 11 is 0. The fourth-order valence-electron chi connectivity index (χ4n) is 1.76. The molecule has 2 rings (SSSR count). The van der Waals surface area contributed by atoms with Gasteiger partial charge in [0, 0.05) is 26.2 Å². The zero-order valence-electron chi connectivity index (χ0n) is 9.39. The van der Waals surface area contributed by atoms with Crippen LogP contribution in [0.1, 0.15) is 36.5 Å². The average molecular weight is 227 g/mol. The zero-order chi connectivity index (χ0) is 11.4.